The maximum absolute atomic E-state index is 13.2. The van der Waals surface area contributed by atoms with Crippen LogP contribution in [-0.2, 0) is 4.79 Å². The van der Waals surface area contributed by atoms with Crippen LogP contribution in [0.1, 0.15) is 60.0 Å². The monoisotopic (exact) mass is 326 g/mol. The van der Waals surface area contributed by atoms with Crippen molar-refractivity contribution in [3.8, 4) is 5.75 Å². The summed E-state index contributed by atoms with van der Waals surface area (Å²) >= 11 is 0. The largest absolute Gasteiger partial charge is 0.496 e. The second-order valence-corrected chi connectivity index (χ2v) is 8.50. The Labute approximate surface area is 143 Å². The van der Waals surface area contributed by atoms with E-state index in [4.69, 9.17) is 4.74 Å². The molecule has 0 unspecified atom stereocenters. The van der Waals surface area contributed by atoms with Crippen molar-refractivity contribution in [1.82, 2.24) is 0 Å². The molecule has 0 aliphatic heterocycles. The first kappa shape index (κ1) is 15.9. The Morgan fingerprint density at radius 2 is 1.42 bits per heavy atom. The van der Waals surface area contributed by atoms with E-state index in [1.807, 2.05) is 26.0 Å². The number of benzene rings is 1. The van der Waals surface area contributed by atoms with Crippen LogP contribution in [0.2, 0.25) is 0 Å². The molecule has 4 aliphatic rings. The van der Waals surface area contributed by atoms with Crippen LogP contribution in [0.25, 0.3) is 0 Å². The van der Waals surface area contributed by atoms with E-state index in [-0.39, 0.29) is 17.0 Å². The van der Waals surface area contributed by atoms with E-state index < -0.39 is 0 Å². The standard InChI is InChI=1S/C21H26O3/c1-12-4-17(5-13(2)19(12)24-3)18(22)20(23)21-9-14-6-15(10-21)8-16(7-14)11-21/h4-5,14-16H,6-11H2,1-3H3. The van der Waals surface area contributed by atoms with E-state index in [9.17, 15) is 9.59 Å². The molecule has 3 nitrogen and oxygen atoms in total. The maximum Gasteiger partial charge on any atom is 0.229 e. The molecule has 0 aromatic heterocycles. The van der Waals surface area contributed by atoms with Crippen molar-refractivity contribution in [2.45, 2.75) is 52.4 Å². The highest BCUT2D eigenvalue weighted by molar-refractivity contribution is 6.45. The SMILES string of the molecule is COc1c(C)cc(C(=O)C(=O)C23CC4CC(CC(C4)C2)C3)cc1C. The summed E-state index contributed by atoms with van der Waals surface area (Å²) < 4.78 is 5.38. The van der Waals surface area contributed by atoms with Crippen LogP contribution in [0, 0.1) is 37.0 Å². The van der Waals surface area contributed by atoms with E-state index in [1.54, 1.807) is 7.11 Å². The third-order valence-electron chi connectivity index (χ3n) is 6.65. The summed E-state index contributed by atoms with van der Waals surface area (Å²) in [6, 6.07) is 3.62. The molecule has 0 heterocycles. The van der Waals surface area contributed by atoms with E-state index in [0.717, 1.165) is 36.1 Å². The fourth-order valence-corrected chi connectivity index (χ4v) is 6.16. The van der Waals surface area contributed by atoms with Crippen LogP contribution in [0.4, 0.5) is 0 Å². The molecule has 4 saturated carbocycles. The predicted octanol–water partition coefficient (Wildman–Crippen LogP) is 4.28. The number of methoxy groups -OCH3 is 1. The van der Waals surface area contributed by atoms with Gasteiger partial charge in [-0.15, -0.1) is 0 Å². The number of aryl methyl sites for hydroxylation is 2. The quantitative estimate of drug-likeness (QED) is 0.613. The molecule has 4 fully saturated rings. The highest BCUT2D eigenvalue weighted by Gasteiger charge is 2.55. The highest BCUT2D eigenvalue weighted by Crippen LogP contribution is 2.60. The van der Waals surface area contributed by atoms with Crippen LogP contribution in [0.15, 0.2) is 12.1 Å². The van der Waals surface area contributed by atoms with Gasteiger partial charge in [0.15, 0.2) is 0 Å². The Kier molecular flexibility index (Phi) is 3.59. The minimum absolute atomic E-state index is 0.120. The molecule has 24 heavy (non-hydrogen) atoms. The lowest BCUT2D eigenvalue weighted by atomic mass is 9.48. The van der Waals surface area contributed by atoms with Crippen LogP contribution >= 0.6 is 0 Å². The second kappa shape index (κ2) is 5.44. The van der Waals surface area contributed by atoms with E-state index in [0.29, 0.717) is 23.3 Å². The zero-order chi connectivity index (χ0) is 17.1. The van der Waals surface area contributed by atoms with Crippen LogP contribution < -0.4 is 4.74 Å². The number of carbonyl (C=O) groups excluding carboxylic acids is 2. The number of rotatable bonds is 4. The molecule has 1 aromatic rings. The topological polar surface area (TPSA) is 43.4 Å². The average Bonchev–Trinajstić information content (AvgIpc) is 2.51. The van der Waals surface area contributed by atoms with Crippen molar-refractivity contribution in [3.05, 3.63) is 28.8 Å². The molecular weight excluding hydrogens is 300 g/mol. The van der Waals surface area contributed by atoms with Gasteiger partial charge in [-0.1, -0.05) is 0 Å². The lowest BCUT2D eigenvalue weighted by Crippen LogP contribution is -2.51. The van der Waals surface area contributed by atoms with Gasteiger partial charge in [0.2, 0.25) is 11.6 Å². The molecule has 4 aliphatic carbocycles. The van der Waals surface area contributed by atoms with Gasteiger partial charge in [-0.25, -0.2) is 0 Å². The van der Waals surface area contributed by atoms with Crippen molar-refractivity contribution < 1.29 is 14.3 Å². The second-order valence-electron chi connectivity index (χ2n) is 8.50. The van der Waals surface area contributed by atoms with Crippen molar-refractivity contribution in [1.29, 1.82) is 0 Å². The molecule has 0 radical (unpaired) electrons. The molecular formula is C21H26O3. The fourth-order valence-electron chi connectivity index (χ4n) is 6.16. The third kappa shape index (κ3) is 2.32. The van der Waals surface area contributed by atoms with Gasteiger partial charge in [0, 0.05) is 11.0 Å². The number of Topliss-reactive ketones (excluding diaryl/α,β-unsaturated/α-hetero) is 2. The summed E-state index contributed by atoms with van der Waals surface area (Å²) in [4.78, 5) is 26.2. The Balaban J connectivity index is 1.64. The first-order chi connectivity index (χ1) is 11.4. The Morgan fingerprint density at radius 1 is 0.958 bits per heavy atom. The molecule has 5 rings (SSSR count). The molecule has 128 valence electrons. The van der Waals surface area contributed by atoms with Crippen LogP contribution in [0.5, 0.6) is 5.75 Å². The summed E-state index contributed by atoms with van der Waals surface area (Å²) in [5.41, 5.74) is 2.01. The van der Waals surface area contributed by atoms with E-state index in [1.165, 1.54) is 19.3 Å². The van der Waals surface area contributed by atoms with Gasteiger partial charge in [0.1, 0.15) is 5.75 Å². The number of ketones is 2. The molecule has 0 saturated heterocycles. The summed E-state index contributed by atoms with van der Waals surface area (Å²) in [5, 5.41) is 0. The molecule has 1 aromatic carbocycles. The third-order valence-corrected chi connectivity index (χ3v) is 6.65. The summed E-state index contributed by atoms with van der Waals surface area (Å²) in [7, 11) is 1.64. The van der Waals surface area contributed by atoms with E-state index in [2.05, 4.69) is 0 Å². The van der Waals surface area contributed by atoms with Crippen molar-refractivity contribution in [2.75, 3.05) is 7.11 Å². The normalized spacial score (nSPS) is 33.5. The fraction of sp³-hybridized carbons (Fsp3) is 0.619. The van der Waals surface area contributed by atoms with Crippen molar-refractivity contribution in [2.24, 2.45) is 23.2 Å². The zero-order valence-electron chi connectivity index (χ0n) is 14.9. The molecule has 3 heteroatoms. The average molecular weight is 326 g/mol. The molecule has 4 bridgehead atoms. The van der Waals surface area contributed by atoms with Crippen molar-refractivity contribution >= 4 is 11.6 Å². The molecule has 0 spiro atoms. The van der Waals surface area contributed by atoms with Crippen molar-refractivity contribution in [3.63, 3.8) is 0 Å². The summed E-state index contributed by atoms with van der Waals surface area (Å²) in [5.74, 6) is 2.41. The number of carbonyl (C=O) groups is 2. The minimum Gasteiger partial charge on any atom is -0.496 e. The number of ether oxygens (including phenoxy) is 1. The molecule has 0 amide bonds. The maximum atomic E-state index is 13.2. The van der Waals surface area contributed by atoms with Gasteiger partial charge in [-0.3, -0.25) is 9.59 Å². The zero-order valence-corrected chi connectivity index (χ0v) is 14.9. The van der Waals surface area contributed by atoms with Crippen LogP contribution in [0.3, 0.4) is 0 Å². The van der Waals surface area contributed by atoms with Gasteiger partial charge in [0.05, 0.1) is 7.11 Å². The summed E-state index contributed by atoms with van der Waals surface area (Å²) in [6.07, 6.45) is 6.66. The number of hydrogen-bond donors (Lipinski definition) is 0. The van der Waals surface area contributed by atoms with E-state index >= 15 is 0 Å². The van der Waals surface area contributed by atoms with Gasteiger partial charge in [-0.05, 0) is 93.4 Å². The highest BCUT2D eigenvalue weighted by atomic mass is 16.5. The number of hydrogen-bond acceptors (Lipinski definition) is 3. The Bertz CT molecular complexity index is 658. The molecule has 0 atom stereocenters. The summed E-state index contributed by atoms with van der Waals surface area (Å²) in [6.45, 7) is 3.86. The molecule has 0 N–H and O–H groups in total. The lowest BCUT2D eigenvalue weighted by molar-refractivity contribution is -0.138. The van der Waals surface area contributed by atoms with Gasteiger partial charge in [-0.2, -0.15) is 0 Å². The first-order valence-electron chi connectivity index (χ1n) is 9.16. The lowest BCUT2D eigenvalue weighted by Gasteiger charge is -2.55. The Morgan fingerprint density at radius 3 is 1.83 bits per heavy atom. The smallest absolute Gasteiger partial charge is 0.229 e. The minimum atomic E-state index is -0.354. The van der Waals surface area contributed by atoms with Crippen LogP contribution in [-0.4, -0.2) is 18.7 Å². The van der Waals surface area contributed by atoms with Gasteiger partial charge >= 0.3 is 0 Å². The van der Waals surface area contributed by atoms with Gasteiger partial charge < -0.3 is 4.74 Å². The first-order valence-corrected chi connectivity index (χ1v) is 9.16. The Hall–Kier alpha value is -1.64. The van der Waals surface area contributed by atoms with Gasteiger partial charge in [0.25, 0.3) is 0 Å². The predicted molar refractivity (Wildman–Crippen MR) is 92.4 cm³/mol.